The molecule has 0 unspecified atom stereocenters. The number of nitrogens with zero attached hydrogens (tertiary/aromatic N) is 2. The van der Waals surface area contributed by atoms with Gasteiger partial charge in [-0.3, -0.25) is 14.3 Å². The maximum absolute atomic E-state index is 11.9. The lowest BCUT2D eigenvalue weighted by molar-refractivity contribution is 0.102. The van der Waals surface area contributed by atoms with E-state index in [0.29, 0.717) is 10.7 Å². The van der Waals surface area contributed by atoms with E-state index in [9.17, 15) is 9.00 Å². The predicted molar refractivity (Wildman–Crippen MR) is 75.8 cm³/mol. The van der Waals surface area contributed by atoms with Crippen LogP contribution in [0.25, 0.3) is 0 Å². The van der Waals surface area contributed by atoms with E-state index in [4.69, 9.17) is 0 Å². The number of carbonyl (C=O) groups excluding carboxylic acids is 1. The van der Waals surface area contributed by atoms with Crippen LogP contribution in [0.4, 0.5) is 5.13 Å². The third-order valence-corrected chi connectivity index (χ3v) is 4.56. The molecule has 0 fully saturated rings. The summed E-state index contributed by atoms with van der Waals surface area (Å²) in [5, 5.41) is 10.5. The molecular weight excluding hydrogens is 282 g/mol. The van der Waals surface area contributed by atoms with Gasteiger partial charge in [0.1, 0.15) is 5.51 Å². The fourth-order valence-corrected chi connectivity index (χ4v) is 2.80. The highest BCUT2D eigenvalue weighted by molar-refractivity contribution is 7.85. The van der Waals surface area contributed by atoms with Crippen LogP contribution in [0.3, 0.4) is 0 Å². The molecule has 1 aromatic carbocycles. The zero-order valence-corrected chi connectivity index (χ0v) is 12.1. The number of amides is 1. The Morgan fingerprint density at radius 3 is 2.53 bits per heavy atom. The van der Waals surface area contributed by atoms with Crippen LogP contribution in [0, 0.1) is 0 Å². The average Bonchev–Trinajstić information content (AvgIpc) is 2.90. The number of aromatic nitrogens is 2. The van der Waals surface area contributed by atoms with Crippen molar-refractivity contribution in [2.75, 3.05) is 5.32 Å². The minimum atomic E-state index is -1.04. The lowest BCUT2D eigenvalue weighted by Crippen LogP contribution is -2.12. The van der Waals surface area contributed by atoms with E-state index in [1.165, 1.54) is 11.3 Å². The van der Waals surface area contributed by atoms with Crippen molar-refractivity contribution in [1.82, 2.24) is 10.2 Å². The van der Waals surface area contributed by atoms with Gasteiger partial charge < -0.3 is 0 Å². The Hall–Kier alpha value is -1.60. The third-order valence-electron chi connectivity index (χ3n) is 2.36. The number of carbonyl (C=O) groups is 1. The molecule has 2 aromatic rings. The quantitative estimate of drug-likeness (QED) is 0.939. The van der Waals surface area contributed by atoms with Gasteiger partial charge >= 0.3 is 0 Å². The summed E-state index contributed by atoms with van der Waals surface area (Å²) in [4.78, 5) is 12.6. The lowest BCUT2D eigenvalue weighted by Gasteiger charge is -2.06. The van der Waals surface area contributed by atoms with E-state index in [1.54, 1.807) is 29.8 Å². The molecule has 19 heavy (non-hydrogen) atoms. The smallest absolute Gasteiger partial charge is 0.257 e. The SMILES string of the molecule is CC(C)[S@@](=O)c1ccc(C(=O)Nc2nncs2)cc1. The molecule has 1 heterocycles. The number of nitrogens with one attached hydrogen (secondary N) is 1. The molecule has 1 N–H and O–H groups in total. The monoisotopic (exact) mass is 295 g/mol. The van der Waals surface area contributed by atoms with Crippen molar-refractivity contribution >= 4 is 33.2 Å². The summed E-state index contributed by atoms with van der Waals surface area (Å²) in [6.45, 7) is 3.79. The molecule has 1 amide bonds. The Morgan fingerprint density at radius 2 is 2.00 bits per heavy atom. The largest absolute Gasteiger partial charge is 0.296 e. The molecule has 0 radical (unpaired) electrons. The first-order valence-corrected chi connectivity index (χ1v) is 7.75. The van der Waals surface area contributed by atoms with Crippen LogP contribution in [-0.2, 0) is 10.8 Å². The zero-order valence-electron chi connectivity index (χ0n) is 10.5. The van der Waals surface area contributed by atoms with E-state index in [-0.39, 0.29) is 11.2 Å². The number of hydrogen-bond acceptors (Lipinski definition) is 5. The van der Waals surface area contributed by atoms with Gasteiger partial charge in [-0.1, -0.05) is 25.2 Å². The third kappa shape index (κ3) is 3.45. The van der Waals surface area contributed by atoms with Gasteiger partial charge in [0.2, 0.25) is 5.13 Å². The van der Waals surface area contributed by atoms with Gasteiger partial charge in [-0.15, -0.1) is 10.2 Å². The number of anilines is 1. The summed E-state index contributed by atoms with van der Waals surface area (Å²) in [6.07, 6.45) is 0. The van der Waals surface area contributed by atoms with Gasteiger partial charge in [0.05, 0.1) is 10.8 Å². The van der Waals surface area contributed by atoms with Crippen LogP contribution in [0.2, 0.25) is 0 Å². The molecule has 0 saturated heterocycles. The molecule has 7 heteroatoms. The van der Waals surface area contributed by atoms with Crippen molar-refractivity contribution in [1.29, 1.82) is 0 Å². The van der Waals surface area contributed by atoms with Crippen LogP contribution >= 0.6 is 11.3 Å². The minimum absolute atomic E-state index is 0.0565. The predicted octanol–water partition coefficient (Wildman–Crippen LogP) is 2.31. The first kappa shape index (κ1) is 13.8. The van der Waals surface area contributed by atoms with E-state index < -0.39 is 10.8 Å². The fraction of sp³-hybridized carbons (Fsp3) is 0.250. The Bertz CT molecular complexity index is 580. The molecule has 0 aliphatic carbocycles. The van der Waals surface area contributed by atoms with E-state index in [1.807, 2.05) is 13.8 Å². The molecule has 0 saturated carbocycles. The summed E-state index contributed by atoms with van der Waals surface area (Å²) in [7, 11) is -1.04. The van der Waals surface area contributed by atoms with Gasteiger partial charge in [-0.25, -0.2) is 0 Å². The zero-order chi connectivity index (χ0) is 13.8. The second-order valence-corrected chi connectivity index (χ2v) is 6.91. The second-order valence-electron chi connectivity index (χ2n) is 4.07. The highest BCUT2D eigenvalue weighted by atomic mass is 32.2. The molecule has 0 spiro atoms. The summed E-state index contributed by atoms with van der Waals surface area (Å²) in [6, 6.07) is 6.74. The van der Waals surface area contributed by atoms with Gasteiger partial charge in [-0.05, 0) is 24.3 Å². The van der Waals surface area contributed by atoms with Gasteiger partial charge in [-0.2, -0.15) is 0 Å². The van der Waals surface area contributed by atoms with Gasteiger partial charge in [0.25, 0.3) is 5.91 Å². The standard InChI is InChI=1S/C12H13N3O2S2/c1-8(2)19(17)10-5-3-9(4-6-10)11(16)14-12-15-13-7-18-12/h3-8H,1-2H3,(H,14,15,16)/t19-/m1/s1. The topological polar surface area (TPSA) is 72.0 Å². The van der Waals surface area contributed by atoms with Crippen molar-refractivity contribution in [3.05, 3.63) is 35.3 Å². The normalized spacial score (nSPS) is 12.4. The maximum atomic E-state index is 11.9. The Balaban J connectivity index is 2.10. The van der Waals surface area contributed by atoms with Crippen LogP contribution in [0.15, 0.2) is 34.7 Å². The van der Waals surface area contributed by atoms with E-state index in [2.05, 4.69) is 15.5 Å². The molecule has 5 nitrogen and oxygen atoms in total. The molecule has 2 rings (SSSR count). The van der Waals surface area contributed by atoms with Gasteiger partial charge in [0.15, 0.2) is 0 Å². The van der Waals surface area contributed by atoms with Crippen molar-refractivity contribution in [2.45, 2.75) is 24.0 Å². The van der Waals surface area contributed by atoms with Crippen molar-refractivity contribution < 1.29 is 9.00 Å². The van der Waals surface area contributed by atoms with Crippen LogP contribution in [0.1, 0.15) is 24.2 Å². The van der Waals surface area contributed by atoms with Crippen molar-refractivity contribution in [3.8, 4) is 0 Å². The molecule has 0 bridgehead atoms. The molecule has 100 valence electrons. The fourth-order valence-electron chi connectivity index (χ4n) is 1.41. The number of hydrogen-bond donors (Lipinski definition) is 1. The Labute approximate surface area is 117 Å². The Kier molecular flexibility index (Phi) is 4.39. The summed E-state index contributed by atoms with van der Waals surface area (Å²) >= 11 is 1.26. The highest BCUT2D eigenvalue weighted by Gasteiger charge is 2.11. The highest BCUT2D eigenvalue weighted by Crippen LogP contribution is 2.14. The molecule has 0 aliphatic heterocycles. The van der Waals surface area contributed by atoms with Gasteiger partial charge in [0, 0.05) is 15.7 Å². The lowest BCUT2D eigenvalue weighted by atomic mass is 10.2. The summed E-state index contributed by atoms with van der Waals surface area (Å²) in [5.74, 6) is -0.251. The molecule has 1 atom stereocenters. The molecular formula is C12H13N3O2S2. The van der Waals surface area contributed by atoms with Crippen LogP contribution in [-0.4, -0.2) is 25.6 Å². The minimum Gasteiger partial charge on any atom is -0.296 e. The number of rotatable bonds is 4. The summed E-state index contributed by atoms with van der Waals surface area (Å²) in [5.41, 5.74) is 2.05. The van der Waals surface area contributed by atoms with E-state index >= 15 is 0 Å². The molecule has 1 aromatic heterocycles. The average molecular weight is 295 g/mol. The molecule has 0 aliphatic rings. The van der Waals surface area contributed by atoms with Crippen molar-refractivity contribution in [3.63, 3.8) is 0 Å². The van der Waals surface area contributed by atoms with Crippen LogP contribution < -0.4 is 5.32 Å². The Morgan fingerprint density at radius 1 is 1.32 bits per heavy atom. The number of benzene rings is 1. The van der Waals surface area contributed by atoms with Crippen LogP contribution in [0.5, 0.6) is 0 Å². The first-order chi connectivity index (χ1) is 9.08. The van der Waals surface area contributed by atoms with Crippen molar-refractivity contribution in [2.24, 2.45) is 0 Å². The first-order valence-electron chi connectivity index (χ1n) is 5.66. The maximum Gasteiger partial charge on any atom is 0.257 e. The second kappa shape index (κ2) is 6.03. The van der Waals surface area contributed by atoms with E-state index in [0.717, 1.165) is 4.90 Å². The summed E-state index contributed by atoms with van der Waals surface area (Å²) < 4.78 is 11.9.